The summed E-state index contributed by atoms with van der Waals surface area (Å²) in [5.41, 5.74) is 0.813. The van der Waals surface area contributed by atoms with Crippen LogP contribution in [0, 0.1) is 34.8 Å². The van der Waals surface area contributed by atoms with Gasteiger partial charge in [-0.05, 0) is 99.8 Å². The Balaban J connectivity index is 1.35. The quantitative estimate of drug-likeness (QED) is 0.257. The van der Waals surface area contributed by atoms with E-state index in [9.17, 15) is 18.0 Å². The van der Waals surface area contributed by atoms with Gasteiger partial charge in [-0.25, -0.2) is 8.78 Å². The molecular weight excluding hydrogens is 415 g/mol. The molecule has 0 atom stereocenters. The lowest BCUT2D eigenvalue weighted by molar-refractivity contribution is -0.157. The van der Waals surface area contributed by atoms with Gasteiger partial charge >= 0.3 is 5.97 Å². The number of allylic oxidation sites excluding steroid dienone is 4. The smallest absolute Gasteiger partial charge is 0.309 e. The summed E-state index contributed by atoms with van der Waals surface area (Å²) >= 11 is 0. The van der Waals surface area contributed by atoms with Gasteiger partial charge in [-0.2, -0.15) is 9.65 Å². The average Bonchev–Trinajstić information content (AvgIpc) is 2.81. The molecule has 2 saturated carbocycles. The van der Waals surface area contributed by atoms with Gasteiger partial charge in [0.15, 0.2) is 17.5 Å². The van der Waals surface area contributed by atoms with E-state index >= 15 is 0 Å². The number of rotatable bonds is 7. The Morgan fingerprint density at radius 1 is 1.06 bits per heavy atom. The molecule has 172 valence electrons. The van der Waals surface area contributed by atoms with Crippen molar-refractivity contribution in [1.29, 1.82) is 5.26 Å². The number of halogens is 3. The minimum absolute atomic E-state index is 0.0432. The normalized spacial score (nSPS) is 26.6. The van der Waals surface area contributed by atoms with Gasteiger partial charge in [0, 0.05) is 0 Å². The molecular formula is C26H30F3NO2. The van der Waals surface area contributed by atoms with Crippen LogP contribution in [0.25, 0.3) is 0 Å². The number of hydrogen-bond donors (Lipinski definition) is 0. The largest absolute Gasteiger partial charge is 0.462 e. The molecule has 0 heterocycles. The highest BCUT2D eigenvalue weighted by Gasteiger charge is 2.31. The van der Waals surface area contributed by atoms with Gasteiger partial charge in [-0.15, -0.1) is 0 Å². The van der Waals surface area contributed by atoms with Gasteiger partial charge in [-0.1, -0.05) is 18.2 Å². The lowest BCUT2D eigenvalue weighted by Crippen LogP contribution is -2.29. The van der Waals surface area contributed by atoms with E-state index in [1.165, 1.54) is 24.3 Å². The molecule has 3 nitrogen and oxygen atoms in total. The summed E-state index contributed by atoms with van der Waals surface area (Å²) in [6, 6.07) is 5.54. The van der Waals surface area contributed by atoms with Gasteiger partial charge in [0.05, 0.1) is 5.92 Å². The Labute approximate surface area is 188 Å². The maximum Gasteiger partial charge on any atom is 0.309 e. The van der Waals surface area contributed by atoms with Crippen molar-refractivity contribution < 1.29 is 22.7 Å². The number of hydrogen-bond acceptors (Lipinski definition) is 3. The molecule has 0 N–H and O–H groups in total. The number of carbonyl (C=O) groups is 1. The van der Waals surface area contributed by atoms with E-state index in [2.05, 4.69) is 0 Å². The summed E-state index contributed by atoms with van der Waals surface area (Å²) in [6.45, 7) is 0. The Kier molecular flexibility index (Phi) is 8.96. The first-order valence-electron chi connectivity index (χ1n) is 11.5. The van der Waals surface area contributed by atoms with E-state index in [4.69, 9.17) is 10.00 Å². The number of carbonyl (C=O) groups excluding carboxylic acids is 1. The third-order valence-electron chi connectivity index (χ3n) is 6.78. The SMILES string of the molecule is N#CC(F)=CC=CCCC1CCC(C(=O)OC2CCC(c3ccc(F)c(F)c3)CC2)CC1. The maximum absolute atomic E-state index is 13.5. The van der Waals surface area contributed by atoms with Crippen LogP contribution in [0.3, 0.4) is 0 Å². The molecule has 0 bridgehead atoms. The van der Waals surface area contributed by atoms with Crippen molar-refractivity contribution in [3.63, 3.8) is 0 Å². The average molecular weight is 446 g/mol. The third-order valence-corrected chi connectivity index (χ3v) is 6.78. The Morgan fingerprint density at radius 2 is 1.78 bits per heavy atom. The highest BCUT2D eigenvalue weighted by molar-refractivity contribution is 5.72. The molecule has 2 fully saturated rings. The number of ether oxygens (including phenoxy) is 1. The van der Waals surface area contributed by atoms with E-state index in [-0.39, 0.29) is 23.9 Å². The first-order valence-corrected chi connectivity index (χ1v) is 11.5. The highest BCUT2D eigenvalue weighted by Crippen LogP contribution is 2.36. The molecule has 6 heteroatoms. The van der Waals surface area contributed by atoms with Crippen molar-refractivity contribution in [2.24, 2.45) is 11.8 Å². The first-order chi connectivity index (χ1) is 15.5. The van der Waals surface area contributed by atoms with Crippen LogP contribution in [0.1, 0.15) is 75.7 Å². The summed E-state index contributed by atoms with van der Waals surface area (Å²) in [5.74, 6) is -1.84. The van der Waals surface area contributed by atoms with Crippen LogP contribution in [0.4, 0.5) is 13.2 Å². The molecule has 0 spiro atoms. The molecule has 1 aromatic rings. The third kappa shape index (κ3) is 6.98. The van der Waals surface area contributed by atoms with Crippen LogP contribution in [-0.2, 0) is 9.53 Å². The first kappa shape index (κ1) is 24.1. The number of esters is 1. The zero-order valence-electron chi connectivity index (χ0n) is 18.2. The number of benzene rings is 1. The van der Waals surface area contributed by atoms with Crippen LogP contribution < -0.4 is 0 Å². The maximum atomic E-state index is 13.5. The minimum atomic E-state index is -0.828. The standard InChI is InChI=1S/C26H30F3NO2/c27-22(17-30)5-3-1-2-4-18-6-8-20(9-7-18)26(31)32-23-13-10-19(11-14-23)21-12-15-24(28)25(29)16-21/h1,3,5,12,15-16,18-20,23H,2,4,6-11,13-14H2. The van der Waals surface area contributed by atoms with Gasteiger partial charge in [0.1, 0.15) is 12.2 Å². The van der Waals surface area contributed by atoms with Gasteiger partial charge in [-0.3, -0.25) is 4.79 Å². The second kappa shape index (κ2) is 11.9. The number of nitriles is 1. The van der Waals surface area contributed by atoms with Crippen molar-refractivity contribution in [2.45, 2.75) is 76.2 Å². The molecule has 32 heavy (non-hydrogen) atoms. The summed E-state index contributed by atoms with van der Waals surface area (Å²) in [5, 5.41) is 8.36. The predicted octanol–water partition coefficient (Wildman–Crippen LogP) is 7.05. The minimum Gasteiger partial charge on any atom is -0.462 e. The molecule has 0 amide bonds. The van der Waals surface area contributed by atoms with Gasteiger partial charge < -0.3 is 4.74 Å². The summed E-state index contributed by atoms with van der Waals surface area (Å²) in [7, 11) is 0. The van der Waals surface area contributed by atoms with Gasteiger partial charge in [0.25, 0.3) is 0 Å². The van der Waals surface area contributed by atoms with Crippen LogP contribution in [-0.4, -0.2) is 12.1 Å². The molecule has 0 saturated heterocycles. The monoisotopic (exact) mass is 445 g/mol. The van der Waals surface area contributed by atoms with Crippen molar-refractivity contribution in [1.82, 2.24) is 0 Å². The van der Waals surface area contributed by atoms with Crippen LogP contribution >= 0.6 is 0 Å². The fourth-order valence-electron chi connectivity index (χ4n) is 4.85. The molecule has 0 aromatic heterocycles. The second-order valence-electron chi connectivity index (χ2n) is 8.93. The molecule has 1 aromatic carbocycles. The van der Waals surface area contributed by atoms with Crippen LogP contribution in [0.15, 0.2) is 42.3 Å². The molecule has 0 unspecified atom stereocenters. The van der Waals surface area contributed by atoms with Crippen molar-refractivity contribution in [3.8, 4) is 6.07 Å². The second-order valence-corrected chi connectivity index (χ2v) is 8.93. The predicted molar refractivity (Wildman–Crippen MR) is 116 cm³/mol. The van der Waals surface area contributed by atoms with Crippen LogP contribution in [0.5, 0.6) is 0 Å². The summed E-state index contributed by atoms with van der Waals surface area (Å²) in [6.07, 6.45) is 13.1. The van der Waals surface area contributed by atoms with Crippen molar-refractivity contribution in [3.05, 3.63) is 59.5 Å². The zero-order valence-corrected chi connectivity index (χ0v) is 18.2. The van der Waals surface area contributed by atoms with E-state index in [1.807, 2.05) is 6.08 Å². The molecule has 0 aliphatic heterocycles. The van der Waals surface area contributed by atoms with Crippen molar-refractivity contribution in [2.75, 3.05) is 0 Å². The topological polar surface area (TPSA) is 50.1 Å². The molecule has 2 aliphatic carbocycles. The Bertz CT molecular complexity index is 874. The lowest BCUT2D eigenvalue weighted by atomic mass is 9.79. The Hall–Kier alpha value is -2.55. The summed E-state index contributed by atoms with van der Waals surface area (Å²) in [4.78, 5) is 12.6. The molecule has 0 radical (unpaired) electrons. The summed E-state index contributed by atoms with van der Waals surface area (Å²) < 4.78 is 45.1. The van der Waals surface area contributed by atoms with Gasteiger partial charge in [0.2, 0.25) is 0 Å². The lowest BCUT2D eigenvalue weighted by Gasteiger charge is -2.31. The fourth-order valence-corrected chi connectivity index (χ4v) is 4.85. The molecule has 2 aliphatic rings. The van der Waals surface area contributed by atoms with E-state index in [0.717, 1.165) is 69.8 Å². The zero-order chi connectivity index (χ0) is 22.9. The molecule has 3 rings (SSSR count). The van der Waals surface area contributed by atoms with E-state index in [1.54, 1.807) is 12.1 Å². The van der Waals surface area contributed by atoms with Crippen molar-refractivity contribution >= 4 is 5.97 Å². The van der Waals surface area contributed by atoms with E-state index < -0.39 is 17.5 Å². The van der Waals surface area contributed by atoms with E-state index in [0.29, 0.717) is 5.92 Å². The number of nitrogens with zero attached hydrogens (tertiary/aromatic N) is 1. The Morgan fingerprint density at radius 3 is 2.44 bits per heavy atom. The van der Waals surface area contributed by atoms with Crippen LogP contribution in [0.2, 0.25) is 0 Å². The highest BCUT2D eigenvalue weighted by atomic mass is 19.2. The fraction of sp³-hybridized carbons (Fsp3) is 0.538.